The Morgan fingerprint density at radius 1 is 1.60 bits per heavy atom. The van der Waals surface area contributed by atoms with Crippen molar-refractivity contribution in [3.63, 3.8) is 0 Å². The lowest BCUT2D eigenvalue weighted by molar-refractivity contribution is 0.0714. The molecule has 7 heteroatoms. The van der Waals surface area contributed by atoms with Crippen LogP contribution < -0.4 is 0 Å². The van der Waals surface area contributed by atoms with Crippen LogP contribution in [0.2, 0.25) is 0 Å². The summed E-state index contributed by atoms with van der Waals surface area (Å²) in [6.45, 7) is 3.40. The average Bonchev–Trinajstić information content (AvgIpc) is 3.14. The van der Waals surface area contributed by atoms with Gasteiger partial charge in [-0.2, -0.15) is 10.2 Å². The molecule has 1 amide bonds. The molecule has 0 aromatic carbocycles. The number of hydrogen-bond donors (Lipinski definition) is 1. The molecule has 1 fully saturated rings. The van der Waals surface area contributed by atoms with Gasteiger partial charge in [0.1, 0.15) is 0 Å². The number of likely N-dealkylation sites (tertiary alicyclic amines) is 1. The minimum atomic E-state index is -0.0177. The van der Waals surface area contributed by atoms with Crippen molar-refractivity contribution in [1.82, 2.24) is 24.9 Å². The van der Waals surface area contributed by atoms with Crippen LogP contribution in [0.3, 0.4) is 0 Å². The van der Waals surface area contributed by atoms with E-state index in [1.165, 1.54) is 0 Å². The Labute approximate surface area is 125 Å². The molecule has 1 aliphatic heterocycles. The molecule has 0 bridgehead atoms. The number of carbonyl (C=O) groups is 1. The van der Waals surface area contributed by atoms with Crippen LogP contribution in [0, 0.1) is 6.92 Å². The van der Waals surface area contributed by atoms with E-state index in [0.717, 1.165) is 36.1 Å². The summed E-state index contributed by atoms with van der Waals surface area (Å²) < 4.78 is 2.63. The van der Waals surface area contributed by atoms with E-state index >= 15 is 0 Å². The first-order valence-corrected chi connectivity index (χ1v) is 7.45. The summed E-state index contributed by atoms with van der Waals surface area (Å²) in [5.74, 6) is -0.0177. The SMILES string of the molecule is Cc1[nH]nc(C(=O)N2CCC[C@H]2Cn2cccn2)c1Br. The first-order chi connectivity index (χ1) is 9.66. The maximum Gasteiger partial charge on any atom is 0.275 e. The summed E-state index contributed by atoms with van der Waals surface area (Å²) >= 11 is 3.42. The first-order valence-electron chi connectivity index (χ1n) is 6.65. The molecule has 2 aromatic heterocycles. The molecule has 106 valence electrons. The Bertz CT molecular complexity index is 606. The largest absolute Gasteiger partial charge is 0.332 e. The minimum absolute atomic E-state index is 0.0177. The molecular formula is C13H16BrN5O. The van der Waals surface area contributed by atoms with E-state index in [-0.39, 0.29) is 11.9 Å². The van der Waals surface area contributed by atoms with E-state index in [1.807, 2.05) is 28.8 Å². The molecule has 0 unspecified atom stereocenters. The number of hydrogen-bond acceptors (Lipinski definition) is 3. The summed E-state index contributed by atoms with van der Waals surface area (Å²) in [4.78, 5) is 14.5. The number of H-pyrrole nitrogens is 1. The Morgan fingerprint density at radius 3 is 3.10 bits per heavy atom. The van der Waals surface area contributed by atoms with E-state index < -0.39 is 0 Å². The number of amides is 1. The molecule has 2 aromatic rings. The molecule has 0 spiro atoms. The highest BCUT2D eigenvalue weighted by Crippen LogP contribution is 2.25. The van der Waals surface area contributed by atoms with Crippen LogP contribution in [0.4, 0.5) is 0 Å². The molecular weight excluding hydrogens is 322 g/mol. The van der Waals surface area contributed by atoms with Gasteiger partial charge >= 0.3 is 0 Å². The number of nitrogens with one attached hydrogen (secondary N) is 1. The predicted octanol–water partition coefficient (Wildman–Crippen LogP) is 1.98. The quantitative estimate of drug-likeness (QED) is 0.931. The Hall–Kier alpha value is -1.63. The summed E-state index contributed by atoms with van der Waals surface area (Å²) in [5, 5.41) is 11.2. The lowest BCUT2D eigenvalue weighted by atomic mass is 10.2. The smallest absolute Gasteiger partial charge is 0.275 e. The molecule has 6 nitrogen and oxygen atoms in total. The number of carbonyl (C=O) groups excluding carboxylic acids is 1. The summed E-state index contributed by atoms with van der Waals surface area (Å²) in [6, 6.07) is 2.08. The van der Waals surface area contributed by atoms with Gasteiger partial charge in [0.2, 0.25) is 0 Å². The van der Waals surface area contributed by atoms with Gasteiger partial charge in [-0.25, -0.2) is 0 Å². The molecule has 0 radical (unpaired) electrons. The number of rotatable bonds is 3. The minimum Gasteiger partial charge on any atom is -0.332 e. The molecule has 1 atom stereocenters. The fourth-order valence-corrected chi connectivity index (χ4v) is 2.96. The summed E-state index contributed by atoms with van der Waals surface area (Å²) in [7, 11) is 0. The van der Waals surface area contributed by atoms with E-state index in [9.17, 15) is 4.79 Å². The fraction of sp³-hybridized carbons (Fsp3) is 0.462. The van der Waals surface area contributed by atoms with Crippen molar-refractivity contribution in [1.29, 1.82) is 0 Å². The van der Waals surface area contributed by atoms with Crippen molar-refractivity contribution in [2.45, 2.75) is 32.4 Å². The van der Waals surface area contributed by atoms with Gasteiger partial charge in [-0.15, -0.1) is 0 Å². The lowest BCUT2D eigenvalue weighted by Gasteiger charge is -2.24. The number of nitrogens with zero attached hydrogens (tertiary/aromatic N) is 4. The normalized spacial score (nSPS) is 18.7. The highest BCUT2D eigenvalue weighted by Gasteiger charge is 2.32. The van der Waals surface area contributed by atoms with Gasteiger partial charge in [-0.05, 0) is 41.8 Å². The second-order valence-electron chi connectivity index (χ2n) is 5.03. The van der Waals surface area contributed by atoms with Crippen LogP contribution >= 0.6 is 15.9 Å². The van der Waals surface area contributed by atoms with Crippen LogP contribution in [0.5, 0.6) is 0 Å². The van der Waals surface area contributed by atoms with Gasteiger partial charge in [-0.3, -0.25) is 14.6 Å². The predicted molar refractivity (Wildman–Crippen MR) is 77.3 cm³/mol. The Balaban J connectivity index is 1.78. The van der Waals surface area contributed by atoms with Crippen molar-refractivity contribution in [2.75, 3.05) is 6.54 Å². The fourth-order valence-electron chi connectivity index (χ4n) is 2.61. The first kappa shape index (κ1) is 13.4. The molecule has 3 rings (SSSR count). The number of aromatic amines is 1. The van der Waals surface area contributed by atoms with E-state index in [2.05, 4.69) is 31.2 Å². The van der Waals surface area contributed by atoms with Gasteiger partial charge in [0.15, 0.2) is 5.69 Å². The van der Waals surface area contributed by atoms with Crippen molar-refractivity contribution < 1.29 is 4.79 Å². The molecule has 20 heavy (non-hydrogen) atoms. The lowest BCUT2D eigenvalue weighted by Crippen LogP contribution is -2.38. The van der Waals surface area contributed by atoms with Crippen LogP contribution in [0.1, 0.15) is 29.0 Å². The molecule has 3 heterocycles. The molecule has 1 aliphatic rings. The second-order valence-corrected chi connectivity index (χ2v) is 5.83. The third-order valence-corrected chi connectivity index (χ3v) is 4.64. The van der Waals surface area contributed by atoms with Crippen molar-refractivity contribution in [2.24, 2.45) is 0 Å². The number of aromatic nitrogens is 4. The van der Waals surface area contributed by atoms with Gasteiger partial charge in [0, 0.05) is 24.6 Å². The molecule has 1 N–H and O–H groups in total. The van der Waals surface area contributed by atoms with Gasteiger partial charge < -0.3 is 4.90 Å². The highest BCUT2D eigenvalue weighted by atomic mass is 79.9. The maximum absolute atomic E-state index is 12.6. The highest BCUT2D eigenvalue weighted by molar-refractivity contribution is 9.10. The van der Waals surface area contributed by atoms with E-state index in [1.54, 1.807) is 6.20 Å². The second kappa shape index (κ2) is 5.40. The van der Waals surface area contributed by atoms with E-state index in [0.29, 0.717) is 5.69 Å². The molecule has 0 aliphatic carbocycles. The van der Waals surface area contributed by atoms with Crippen LogP contribution in [-0.2, 0) is 6.54 Å². The third-order valence-electron chi connectivity index (χ3n) is 3.67. The summed E-state index contributed by atoms with van der Waals surface area (Å²) in [6.07, 6.45) is 5.72. The summed E-state index contributed by atoms with van der Waals surface area (Å²) in [5.41, 5.74) is 1.34. The molecule has 0 saturated carbocycles. The monoisotopic (exact) mass is 337 g/mol. The van der Waals surface area contributed by atoms with Crippen LogP contribution in [0.25, 0.3) is 0 Å². The zero-order valence-electron chi connectivity index (χ0n) is 11.2. The van der Waals surface area contributed by atoms with Gasteiger partial charge in [-0.1, -0.05) is 0 Å². The van der Waals surface area contributed by atoms with E-state index in [4.69, 9.17) is 0 Å². The molecule has 1 saturated heterocycles. The zero-order valence-corrected chi connectivity index (χ0v) is 12.8. The maximum atomic E-state index is 12.6. The topological polar surface area (TPSA) is 66.8 Å². The van der Waals surface area contributed by atoms with Gasteiger partial charge in [0.25, 0.3) is 5.91 Å². The number of aryl methyl sites for hydroxylation is 1. The van der Waals surface area contributed by atoms with Crippen molar-refractivity contribution in [3.05, 3.63) is 34.3 Å². The van der Waals surface area contributed by atoms with Crippen molar-refractivity contribution in [3.8, 4) is 0 Å². The average molecular weight is 338 g/mol. The Morgan fingerprint density at radius 2 is 2.45 bits per heavy atom. The third kappa shape index (κ3) is 2.37. The van der Waals surface area contributed by atoms with Gasteiger partial charge in [0.05, 0.1) is 17.1 Å². The van der Waals surface area contributed by atoms with Crippen molar-refractivity contribution >= 4 is 21.8 Å². The Kier molecular flexibility index (Phi) is 3.60. The number of halogens is 1. The standard InChI is InChI=1S/C13H16BrN5O/c1-9-11(14)12(17-16-9)13(20)19-7-2-4-10(19)8-18-6-3-5-15-18/h3,5-6,10H,2,4,7-8H2,1H3,(H,16,17)/t10-/m0/s1. The van der Waals surface area contributed by atoms with Crippen LogP contribution in [-0.4, -0.2) is 43.4 Å². The zero-order chi connectivity index (χ0) is 14.1. The van der Waals surface area contributed by atoms with Crippen LogP contribution in [0.15, 0.2) is 22.9 Å².